The third kappa shape index (κ3) is 3.18. The maximum absolute atomic E-state index is 10.9. The predicted molar refractivity (Wildman–Crippen MR) is 62.3 cm³/mol. The Morgan fingerprint density at radius 3 is 2.69 bits per heavy atom. The maximum Gasteiger partial charge on any atom is 0.407 e. The zero-order valence-electron chi connectivity index (χ0n) is 8.84. The highest BCUT2D eigenvalue weighted by Gasteiger charge is 2.10. The van der Waals surface area contributed by atoms with E-state index in [2.05, 4.69) is 5.32 Å². The normalized spacial score (nSPS) is 9.75. The van der Waals surface area contributed by atoms with Crippen molar-refractivity contribution in [2.45, 2.75) is 6.61 Å². The molecule has 1 aromatic rings. The zero-order valence-corrected chi connectivity index (χ0v) is 10.4. The molecular formula is C10H11Cl2NO3. The van der Waals surface area contributed by atoms with Crippen LogP contribution in [0.1, 0.15) is 5.56 Å². The van der Waals surface area contributed by atoms with Crippen LogP contribution in [0.25, 0.3) is 0 Å². The van der Waals surface area contributed by atoms with Gasteiger partial charge in [0.25, 0.3) is 0 Å². The number of halogens is 2. The van der Waals surface area contributed by atoms with Crippen molar-refractivity contribution in [1.82, 2.24) is 5.32 Å². The molecule has 0 aliphatic heterocycles. The van der Waals surface area contributed by atoms with E-state index < -0.39 is 6.09 Å². The molecule has 0 spiro atoms. The fraction of sp³-hybridized carbons (Fsp3) is 0.300. The van der Waals surface area contributed by atoms with Crippen molar-refractivity contribution >= 4 is 29.3 Å². The first-order valence-corrected chi connectivity index (χ1v) is 5.20. The number of amides is 1. The molecule has 0 aliphatic rings. The van der Waals surface area contributed by atoms with Crippen LogP contribution in [0.3, 0.4) is 0 Å². The number of carbonyl (C=O) groups is 1. The van der Waals surface area contributed by atoms with Gasteiger partial charge in [-0.05, 0) is 6.07 Å². The molecule has 0 atom stereocenters. The van der Waals surface area contributed by atoms with Gasteiger partial charge in [-0.25, -0.2) is 4.79 Å². The van der Waals surface area contributed by atoms with Crippen LogP contribution in [0.4, 0.5) is 4.79 Å². The minimum atomic E-state index is -0.532. The summed E-state index contributed by atoms with van der Waals surface area (Å²) in [6.07, 6.45) is -0.532. The van der Waals surface area contributed by atoms with Crippen LogP contribution in [-0.2, 0) is 11.3 Å². The first kappa shape index (κ1) is 12.9. The summed E-state index contributed by atoms with van der Waals surface area (Å²) in [5, 5.41) is 3.04. The van der Waals surface area contributed by atoms with E-state index in [1.54, 1.807) is 12.1 Å². The van der Waals surface area contributed by atoms with E-state index in [0.29, 0.717) is 21.4 Å². The lowest BCUT2D eigenvalue weighted by atomic mass is 10.2. The summed E-state index contributed by atoms with van der Waals surface area (Å²) in [4.78, 5) is 10.9. The number of hydrogen-bond donors (Lipinski definition) is 1. The molecule has 0 saturated carbocycles. The van der Waals surface area contributed by atoms with E-state index in [1.165, 1.54) is 14.2 Å². The number of ether oxygens (including phenoxy) is 2. The Labute approximate surface area is 103 Å². The number of methoxy groups -OCH3 is 1. The average Bonchev–Trinajstić information content (AvgIpc) is 2.30. The van der Waals surface area contributed by atoms with Crippen molar-refractivity contribution in [2.24, 2.45) is 0 Å². The summed E-state index contributed by atoms with van der Waals surface area (Å²) in [6.45, 7) is 0.0371. The highest BCUT2D eigenvalue weighted by Crippen LogP contribution is 2.31. The number of carbonyl (C=O) groups excluding carboxylic acids is 1. The topological polar surface area (TPSA) is 47.6 Å². The Kier molecular flexibility index (Phi) is 4.71. The van der Waals surface area contributed by atoms with Crippen LogP contribution >= 0.6 is 23.2 Å². The van der Waals surface area contributed by atoms with E-state index in [1.807, 2.05) is 0 Å². The van der Waals surface area contributed by atoms with Gasteiger partial charge in [0.05, 0.1) is 17.2 Å². The molecule has 0 fully saturated rings. The highest BCUT2D eigenvalue weighted by atomic mass is 35.5. The summed E-state index contributed by atoms with van der Waals surface area (Å²) >= 11 is 11.8. The number of benzene rings is 1. The largest absolute Gasteiger partial charge is 0.497 e. The van der Waals surface area contributed by atoms with Gasteiger partial charge in [0.2, 0.25) is 0 Å². The molecule has 6 heteroatoms. The van der Waals surface area contributed by atoms with Crippen LogP contribution in [0.15, 0.2) is 12.1 Å². The molecule has 1 N–H and O–H groups in total. The van der Waals surface area contributed by atoms with Gasteiger partial charge in [-0.2, -0.15) is 0 Å². The van der Waals surface area contributed by atoms with E-state index in [9.17, 15) is 4.79 Å². The lowest BCUT2D eigenvalue weighted by Crippen LogP contribution is -2.18. The van der Waals surface area contributed by atoms with Crippen LogP contribution in [0.5, 0.6) is 5.75 Å². The van der Waals surface area contributed by atoms with Crippen molar-refractivity contribution in [3.63, 3.8) is 0 Å². The van der Waals surface area contributed by atoms with E-state index in [4.69, 9.17) is 32.7 Å². The van der Waals surface area contributed by atoms with Gasteiger partial charge in [-0.15, -0.1) is 0 Å². The molecule has 0 heterocycles. The fourth-order valence-corrected chi connectivity index (χ4v) is 1.45. The number of rotatable bonds is 3. The molecule has 1 rings (SSSR count). The van der Waals surface area contributed by atoms with Gasteiger partial charge >= 0.3 is 6.09 Å². The van der Waals surface area contributed by atoms with Gasteiger partial charge < -0.3 is 14.8 Å². The fourth-order valence-electron chi connectivity index (χ4n) is 1.06. The first-order valence-electron chi connectivity index (χ1n) is 4.45. The van der Waals surface area contributed by atoms with Gasteiger partial charge in [0.15, 0.2) is 0 Å². The molecule has 0 aromatic heterocycles. The van der Waals surface area contributed by atoms with Crippen molar-refractivity contribution in [1.29, 1.82) is 0 Å². The average molecular weight is 264 g/mol. The van der Waals surface area contributed by atoms with E-state index >= 15 is 0 Å². The molecule has 0 aliphatic carbocycles. The van der Waals surface area contributed by atoms with Gasteiger partial charge in [0, 0.05) is 18.7 Å². The molecule has 4 nitrogen and oxygen atoms in total. The summed E-state index contributed by atoms with van der Waals surface area (Å²) in [5.74, 6) is 0.560. The molecule has 16 heavy (non-hydrogen) atoms. The minimum Gasteiger partial charge on any atom is -0.497 e. The first-order chi connectivity index (χ1) is 7.58. The van der Waals surface area contributed by atoms with Crippen molar-refractivity contribution in [3.8, 4) is 5.75 Å². The Morgan fingerprint density at radius 2 is 2.12 bits per heavy atom. The molecule has 0 bridgehead atoms. The second kappa shape index (κ2) is 5.82. The molecule has 0 saturated heterocycles. The molecular weight excluding hydrogens is 253 g/mol. The lowest BCUT2D eigenvalue weighted by molar-refractivity contribution is 0.142. The van der Waals surface area contributed by atoms with Crippen molar-refractivity contribution in [3.05, 3.63) is 27.7 Å². The van der Waals surface area contributed by atoms with Crippen molar-refractivity contribution < 1.29 is 14.3 Å². The number of nitrogens with one attached hydrogen (secondary N) is 1. The smallest absolute Gasteiger partial charge is 0.407 e. The summed E-state index contributed by atoms with van der Waals surface area (Å²) in [6, 6.07) is 3.25. The zero-order chi connectivity index (χ0) is 12.1. The minimum absolute atomic E-state index is 0.0371. The van der Waals surface area contributed by atoms with Crippen LogP contribution in [0.2, 0.25) is 10.0 Å². The van der Waals surface area contributed by atoms with Gasteiger partial charge in [-0.3, -0.25) is 0 Å². The van der Waals surface area contributed by atoms with Crippen LogP contribution < -0.4 is 10.1 Å². The second-order valence-electron chi connectivity index (χ2n) is 2.91. The van der Waals surface area contributed by atoms with Gasteiger partial charge in [-0.1, -0.05) is 23.2 Å². The predicted octanol–water partition coefficient (Wildman–Crippen LogP) is 2.86. The molecule has 0 radical (unpaired) electrons. The maximum atomic E-state index is 10.9. The Morgan fingerprint density at radius 1 is 1.44 bits per heavy atom. The summed E-state index contributed by atoms with van der Waals surface area (Å²) in [7, 11) is 2.99. The second-order valence-corrected chi connectivity index (χ2v) is 3.69. The third-order valence-corrected chi connectivity index (χ3v) is 2.72. The van der Waals surface area contributed by atoms with Crippen LogP contribution in [-0.4, -0.2) is 20.3 Å². The third-order valence-electron chi connectivity index (χ3n) is 1.88. The number of hydrogen-bond acceptors (Lipinski definition) is 3. The molecule has 1 amide bonds. The van der Waals surface area contributed by atoms with Crippen molar-refractivity contribution in [2.75, 3.05) is 14.2 Å². The van der Waals surface area contributed by atoms with Gasteiger partial charge in [0.1, 0.15) is 12.4 Å². The van der Waals surface area contributed by atoms with E-state index in [-0.39, 0.29) is 6.61 Å². The summed E-state index contributed by atoms with van der Waals surface area (Å²) in [5.41, 5.74) is 0.592. The van der Waals surface area contributed by atoms with Crippen LogP contribution in [0, 0.1) is 0 Å². The highest BCUT2D eigenvalue weighted by molar-refractivity contribution is 6.42. The quantitative estimate of drug-likeness (QED) is 0.913. The monoisotopic (exact) mass is 263 g/mol. The summed E-state index contributed by atoms with van der Waals surface area (Å²) < 4.78 is 9.89. The standard InChI is InChI=1S/C10H11Cl2NO3/c1-13-10(14)16-5-6-3-7(15-2)4-8(11)9(6)12/h3-4H,5H2,1-2H3,(H,13,14). The Balaban J connectivity index is 2.86. The SMILES string of the molecule is CNC(=O)OCc1cc(OC)cc(Cl)c1Cl. The Bertz CT molecular complexity index is 396. The number of alkyl carbamates (subject to hydrolysis) is 1. The Hall–Kier alpha value is -1.13. The molecule has 88 valence electrons. The molecule has 1 aromatic carbocycles. The van der Waals surface area contributed by atoms with E-state index in [0.717, 1.165) is 0 Å². The molecule has 0 unspecified atom stereocenters. The lowest BCUT2D eigenvalue weighted by Gasteiger charge is -2.09.